The molecule has 0 heterocycles. The Morgan fingerprint density at radius 3 is 2.08 bits per heavy atom. The SMILES string of the molecule is CCCCCCC/C(=N\S(=O)(=O)c1ccc(C)cc1)N(CC)CC. The first-order valence-electron chi connectivity index (χ1n) is 9.10. The lowest BCUT2D eigenvalue weighted by atomic mass is 10.1. The maximum atomic E-state index is 12.6. The molecular formula is C19H32N2O2S. The summed E-state index contributed by atoms with van der Waals surface area (Å²) < 4.78 is 29.4. The minimum Gasteiger partial charge on any atom is -0.360 e. The molecule has 1 aromatic rings. The van der Waals surface area contributed by atoms with Gasteiger partial charge in [0, 0.05) is 19.5 Å². The quantitative estimate of drug-likeness (QED) is 0.346. The van der Waals surface area contributed by atoms with Gasteiger partial charge >= 0.3 is 0 Å². The van der Waals surface area contributed by atoms with Gasteiger partial charge in [-0.2, -0.15) is 8.42 Å². The molecule has 0 spiro atoms. The largest absolute Gasteiger partial charge is 0.360 e. The molecule has 0 aliphatic rings. The van der Waals surface area contributed by atoms with Crippen LogP contribution in [0.1, 0.15) is 64.9 Å². The summed E-state index contributed by atoms with van der Waals surface area (Å²) in [6.07, 6.45) is 6.47. The molecule has 136 valence electrons. The fourth-order valence-corrected chi connectivity index (χ4v) is 3.71. The number of unbranched alkanes of at least 4 members (excludes halogenated alkanes) is 4. The van der Waals surface area contributed by atoms with Gasteiger partial charge in [0.25, 0.3) is 10.0 Å². The Labute approximate surface area is 148 Å². The molecule has 5 heteroatoms. The zero-order chi connectivity index (χ0) is 18.0. The number of benzene rings is 1. The van der Waals surface area contributed by atoms with Gasteiger partial charge in [-0.25, -0.2) is 0 Å². The van der Waals surface area contributed by atoms with Gasteiger partial charge in [-0.3, -0.25) is 0 Å². The van der Waals surface area contributed by atoms with E-state index >= 15 is 0 Å². The van der Waals surface area contributed by atoms with Gasteiger partial charge in [-0.05, 0) is 39.3 Å². The maximum Gasteiger partial charge on any atom is 0.283 e. The van der Waals surface area contributed by atoms with Crippen LogP contribution in [-0.2, 0) is 10.0 Å². The van der Waals surface area contributed by atoms with Gasteiger partial charge in [0.15, 0.2) is 0 Å². The fraction of sp³-hybridized carbons (Fsp3) is 0.632. The van der Waals surface area contributed by atoms with E-state index < -0.39 is 10.0 Å². The lowest BCUT2D eigenvalue weighted by Gasteiger charge is -2.23. The second-order valence-corrected chi connectivity index (χ2v) is 7.74. The van der Waals surface area contributed by atoms with Crippen LogP contribution in [0.5, 0.6) is 0 Å². The Morgan fingerprint density at radius 2 is 1.54 bits per heavy atom. The van der Waals surface area contributed by atoms with Crippen LogP contribution in [0.15, 0.2) is 33.6 Å². The molecule has 1 aromatic carbocycles. The lowest BCUT2D eigenvalue weighted by Crippen LogP contribution is -2.31. The summed E-state index contributed by atoms with van der Waals surface area (Å²) >= 11 is 0. The molecule has 0 aromatic heterocycles. The number of aryl methyl sites for hydroxylation is 1. The van der Waals surface area contributed by atoms with Crippen LogP contribution in [0.4, 0.5) is 0 Å². The molecule has 0 aliphatic heterocycles. The Morgan fingerprint density at radius 1 is 0.958 bits per heavy atom. The van der Waals surface area contributed by atoms with E-state index in [1.54, 1.807) is 12.1 Å². The van der Waals surface area contributed by atoms with E-state index in [4.69, 9.17) is 0 Å². The highest BCUT2D eigenvalue weighted by molar-refractivity contribution is 7.90. The summed E-state index contributed by atoms with van der Waals surface area (Å²) in [4.78, 5) is 2.31. The number of amidine groups is 1. The smallest absolute Gasteiger partial charge is 0.283 e. The molecule has 24 heavy (non-hydrogen) atoms. The van der Waals surface area contributed by atoms with E-state index in [-0.39, 0.29) is 4.90 Å². The molecule has 0 saturated heterocycles. The first kappa shape index (κ1) is 20.7. The summed E-state index contributed by atoms with van der Waals surface area (Å²) in [5, 5.41) is 0. The molecular weight excluding hydrogens is 320 g/mol. The molecule has 0 saturated carbocycles. The molecule has 0 radical (unpaired) electrons. The van der Waals surface area contributed by atoms with Crippen molar-refractivity contribution in [2.24, 2.45) is 4.40 Å². The number of sulfonamides is 1. The van der Waals surface area contributed by atoms with Gasteiger partial charge in [0.1, 0.15) is 5.84 Å². The van der Waals surface area contributed by atoms with E-state index in [2.05, 4.69) is 11.3 Å². The maximum absolute atomic E-state index is 12.6. The predicted octanol–water partition coefficient (Wildman–Crippen LogP) is 4.78. The van der Waals surface area contributed by atoms with Gasteiger partial charge in [0.2, 0.25) is 0 Å². The highest BCUT2D eigenvalue weighted by atomic mass is 32.2. The zero-order valence-electron chi connectivity index (χ0n) is 15.6. The number of rotatable bonds is 10. The van der Waals surface area contributed by atoms with E-state index in [1.165, 1.54) is 19.3 Å². The average Bonchev–Trinajstić information content (AvgIpc) is 2.55. The number of nitrogens with zero attached hydrogens (tertiary/aromatic N) is 2. The molecule has 0 amide bonds. The molecule has 0 aliphatic carbocycles. The highest BCUT2D eigenvalue weighted by Crippen LogP contribution is 2.16. The molecule has 0 fully saturated rings. The van der Waals surface area contributed by atoms with Gasteiger partial charge < -0.3 is 4.90 Å². The van der Waals surface area contributed by atoms with Crippen molar-refractivity contribution in [2.75, 3.05) is 13.1 Å². The van der Waals surface area contributed by atoms with Crippen molar-refractivity contribution in [2.45, 2.75) is 71.1 Å². The Kier molecular flexibility index (Phi) is 9.04. The third-order valence-electron chi connectivity index (χ3n) is 4.18. The molecule has 0 atom stereocenters. The van der Waals surface area contributed by atoms with Crippen LogP contribution < -0.4 is 0 Å². The second kappa shape index (κ2) is 10.5. The van der Waals surface area contributed by atoms with Crippen LogP contribution >= 0.6 is 0 Å². The summed E-state index contributed by atoms with van der Waals surface area (Å²) in [6.45, 7) is 9.75. The van der Waals surface area contributed by atoms with Crippen molar-refractivity contribution < 1.29 is 8.42 Å². The van der Waals surface area contributed by atoms with E-state index in [1.807, 2.05) is 37.8 Å². The van der Waals surface area contributed by atoms with Crippen molar-refractivity contribution in [1.82, 2.24) is 4.90 Å². The Bertz CT molecular complexity index is 603. The van der Waals surface area contributed by atoms with Crippen LogP contribution in [0.2, 0.25) is 0 Å². The van der Waals surface area contributed by atoms with E-state index in [0.29, 0.717) is 5.84 Å². The van der Waals surface area contributed by atoms with Crippen LogP contribution in [0.3, 0.4) is 0 Å². The second-order valence-electron chi connectivity index (χ2n) is 6.13. The van der Waals surface area contributed by atoms with Crippen molar-refractivity contribution >= 4 is 15.9 Å². The predicted molar refractivity (Wildman–Crippen MR) is 102 cm³/mol. The highest BCUT2D eigenvalue weighted by Gasteiger charge is 2.17. The molecule has 0 N–H and O–H groups in total. The van der Waals surface area contributed by atoms with Crippen LogP contribution in [-0.4, -0.2) is 32.2 Å². The van der Waals surface area contributed by atoms with Gasteiger partial charge in [-0.1, -0.05) is 50.3 Å². The third-order valence-corrected chi connectivity index (χ3v) is 5.50. The third kappa shape index (κ3) is 6.63. The molecule has 0 bridgehead atoms. The van der Waals surface area contributed by atoms with Gasteiger partial charge in [0.05, 0.1) is 4.90 Å². The van der Waals surface area contributed by atoms with E-state index in [9.17, 15) is 8.42 Å². The summed E-state index contributed by atoms with van der Waals surface area (Å²) in [7, 11) is -3.64. The van der Waals surface area contributed by atoms with Crippen molar-refractivity contribution in [3.05, 3.63) is 29.8 Å². The molecule has 0 unspecified atom stereocenters. The first-order valence-corrected chi connectivity index (χ1v) is 10.5. The van der Waals surface area contributed by atoms with Crippen LogP contribution in [0, 0.1) is 6.92 Å². The minimum absolute atomic E-state index is 0.267. The van der Waals surface area contributed by atoms with Crippen molar-refractivity contribution in [3.8, 4) is 0 Å². The first-order chi connectivity index (χ1) is 11.4. The summed E-state index contributed by atoms with van der Waals surface area (Å²) in [6, 6.07) is 6.89. The Balaban J connectivity index is 2.94. The zero-order valence-corrected chi connectivity index (χ0v) is 16.4. The summed E-state index contributed by atoms with van der Waals surface area (Å²) in [5.41, 5.74) is 1.04. The number of hydrogen-bond acceptors (Lipinski definition) is 2. The van der Waals surface area contributed by atoms with Crippen molar-refractivity contribution in [1.29, 1.82) is 0 Å². The standard InChI is InChI=1S/C19H32N2O2S/c1-5-8-9-10-11-12-19(21(6-2)7-3)20-24(22,23)18-15-13-17(4)14-16-18/h13-16H,5-12H2,1-4H3/b20-19+. The minimum atomic E-state index is -3.64. The van der Waals surface area contributed by atoms with Crippen molar-refractivity contribution in [3.63, 3.8) is 0 Å². The average molecular weight is 353 g/mol. The van der Waals surface area contributed by atoms with Gasteiger partial charge in [-0.15, -0.1) is 4.40 Å². The molecule has 4 nitrogen and oxygen atoms in total. The lowest BCUT2D eigenvalue weighted by molar-refractivity contribution is 0.451. The monoisotopic (exact) mass is 352 g/mol. The topological polar surface area (TPSA) is 49.7 Å². The number of hydrogen-bond donors (Lipinski definition) is 0. The summed E-state index contributed by atoms with van der Waals surface area (Å²) in [5.74, 6) is 0.692. The van der Waals surface area contributed by atoms with Crippen LogP contribution in [0.25, 0.3) is 0 Å². The Hall–Kier alpha value is -1.36. The fourth-order valence-electron chi connectivity index (χ4n) is 2.64. The van der Waals surface area contributed by atoms with E-state index in [0.717, 1.165) is 37.9 Å². The molecule has 1 rings (SSSR count). The normalized spacial score (nSPS) is 12.4.